The molecule has 1 aromatic carbocycles. The number of hydrogen-bond donors (Lipinski definition) is 1. The molecule has 28 heavy (non-hydrogen) atoms. The van der Waals surface area contributed by atoms with Gasteiger partial charge in [0.15, 0.2) is 9.84 Å². The van der Waals surface area contributed by atoms with Gasteiger partial charge in [0.25, 0.3) is 0 Å². The van der Waals surface area contributed by atoms with E-state index in [4.69, 9.17) is 4.42 Å². The third-order valence-electron chi connectivity index (χ3n) is 4.28. The van der Waals surface area contributed by atoms with Crippen LogP contribution in [-0.4, -0.2) is 51.1 Å². The SMILES string of the molecule is O=C(CN(Cc1ccco1)S(=O)(=O)c1ccccc1F)NC1CCS(=O)(=O)C1. The second-order valence-corrected chi connectivity index (χ2v) is 10.6. The van der Waals surface area contributed by atoms with Crippen LogP contribution in [0.5, 0.6) is 0 Å². The van der Waals surface area contributed by atoms with E-state index in [2.05, 4.69) is 5.32 Å². The van der Waals surface area contributed by atoms with Crippen LogP contribution < -0.4 is 5.32 Å². The number of furan rings is 1. The molecule has 2 heterocycles. The normalized spacial score (nSPS) is 19.0. The number of rotatable bonds is 7. The van der Waals surface area contributed by atoms with Crippen molar-refractivity contribution in [3.8, 4) is 0 Å². The first kappa shape index (κ1) is 20.5. The highest BCUT2D eigenvalue weighted by molar-refractivity contribution is 7.91. The lowest BCUT2D eigenvalue weighted by atomic mass is 10.2. The molecule has 1 unspecified atom stereocenters. The van der Waals surface area contributed by atoms with Gasteiger partial charge >= 0.3 is 0 Å². The Morgan fingerprint density at radius 2 is 2.00 bits per heavy atom. The highest BCUT2D eigenvalue weighted by Gasteiger charge is 2.33. The molecule has 0 saturated carbocycles. The van der Waals surface area contributed by atoms with Crippen LogP contribution >= 0.6 is 0 Å². The molecule has 1 amide bonds. The second-order valence-electron chi connectivity index (χ2n) is 6.45. The topological polar surface area (TPSA) is 114 Å². The molecule has 1 saturated heterocycles. The Balaban J connectivity index is 1.81. The van der Waals surface area contributed by atoms with Gasteiger partial charge in [-0.1, -0.05) is 12.1 Å². The highest BCUT2D eigenvalue weighted by Crippen LogP contribution is 2.21. The smallest absolute Gasteiger partial charge is 0.246 e. The van der Waals surface area contributed by atoms with Crippen molar-refractivity contribution < 1.29 is 30.4 Å². The number of sulfonamides is 1. The lowest BCUT2D eigenvalue weighted by molar-refractivity contribution is -0.121. The summed E-state index contributed by atoms with van der Waals surface area (Å²) in [6, 6.07) is 7.39. The van der Waals surface area contributed by atoms with Gasteiger partial charge in [0.1, 0.15) is 16.5 Å². The van der Waals surface area contributed by atoms with E-state index in [0.717, 1.165) is 16.4 Å². The van der Waals surface area contributed by atoms with E-state index in [1.54, 1.807) is 6.07 Å². The summed E-state index contributed by atoms with van der Waals surface area (Å²) in [4.78, 5) is 11.8. The van der Waals surface area contributed by atoms with E-state index < -0.39 is 49.1 Å². The summed E-state index contributed by atoms with van der Waals surface area (Å²) in [5.74, 6) is -1.54. The molecular formula is C17H19FN2O6S2. The average Bonchev–Trinajstić information content (AvgIpc) is 3.23. The number of sulfone groups is 1. The van der Waals surface area contributed by atoms with E-state index in [0.29, 0.717) is 0 Å². The van der Waals surface area contributed by atoms with Gasteiger partial charge in [0.2, 0.25) is 15.9 Å². The fraction of sp³-hybridized carbons (Fsp3) is 0.353. The number of nitrogens with zero attached hydrogens (tertiary/aromatic N) is 1. The van der Waals surface area contributed by atoms with Crippen LogP contribution in [0.25, 0.3) is 0 Å². The molecule has 8 nitrogen and oxygen atoms in total. The Hall–Kier alpha value is -2.24. The number of nitrogens with one attached hydrogen (secondary N) is 1. The van der Waals surface area contributed by atoms with Crippen LogP contribution in [-0.2, 0) is 31.2 Å². The predicted molar refractivity (Wildman–Crippen MR) is 97.9 cm³/mol. The highest BCUT2D eigenvalue weighted by atomic mass is 32.2. The van der Waals surface area contributed by atoms with Crippen LogP contribution in [0, 0.1) is 5.82 Å². The molecule has 1 fully saturated rings. The maximum Gasteiger partial charge on any atom is 0.246 e. The van der Waals surface area contributed by atoms with Crippen molar-refractivity contribution in [2.75, 3.05) is 18.1 Å². The molecule has 0 spiro atoms. The summed E-state index contributed by atoms with van der Waals surface area (Å²) in [5.41, 5.74) is 0. The number of benzene rings is 1. The van der Waals surface area contributed by atoms with Crippen molar-refractivity contribution in [2.24, 2.45) is 0 Å². The van der Waals surface area contributed by atoms with Gasteiger partial charge in [-0.25, -0.2) is 21.2 Å². The number of hydrogen-bond acceptors (Lipinski definition) is 6. The fourth-order valence-corrected chi connectivity index (χ4v) is 6.04. The zero-order valence-electron chi connectivity index (χ0n) is 14.7. The minimum Gasteiger partial charge on any atom is -0.468 e. The van der Waals surface area contributed by atoms with E-state index in [1.807, 2.05) is 0 Å². The van der Waals surface area contributed by atoms with E-state index in [-0.39, 0.29) is 30.2 Å². The van der Waals surface area contributed by atoms with Crippen LogP contribution in [0.3, 0.4) is 0 Å². The lowest BCUT2D eigenvalue weighted by Gasteiger charge is -2.22. The largest absolute Gasteiger partial charge is 0.468 e. The molecule has 1 aliphatic heterocycles. The molecule has 0 aliphatic carbocycles. The molecule has 3 rings (SSSR count). The molecule has 1 aromatic heterocycles. The van der Waals surface area contributed by atoms with Gasteiger partial charge in [-0.05, 0) is 30.7 Å². The average molecular weight is 430 g/mol. The summed E-state index contributed by atoms with van der Waals surface area (Å²) in [6.07, 6.45) is 1.62. The third kappa shape index (κ3) is 4.78. The van der Waals surface area contributed by atoms with Gasteiger partial charge in [-0.2, -0.15) is 4.31 Å². The number of halogens is 1. The molecule has 1 aliphatic rings. The van der Waals surface area contributed by atoms with Crippen LogP contribution in [0.1, 0.15) is 12.2 Å². The van der Waals surface area contributed by atoms with Crippen molar-refractivity contribution in [3.63, 3.8) is 0 Å². The number of carbonyl (C=O) groups excluding carboxylic acids is 1. The van der Waals surface area contributed by atoms with E-state index >= 15 is 0 Å². The van der Waals surface area contributed by atoms with E-state index in [9.17, 15) is 26.0 Å². The monoisotopic (exact) mass is 430 g/mol. The summed E-state index contributed by atoms with van der Waals surface area (Å²) in [6.45, 7) is -0.881. The number of amides is 1. The molecule has 1 atom stereocenters. The molecule has 1 N–H and O–H groups in total. The van der Waals surface area contributed by atoms with Gasteiger partial charge in [0, 0.05) is 6.04 Å². The predicted octanol–water partition coefficient (Wildman–Crippen LogP) is 0.913. The van der Waals surface area contributed by atoms with Crippen LogP contribution in [0.4, 0.5) is 4.39 Å². The maximum atomic E-state index is 14.1. The van der Waals surface area contributed by atoms with Crippen LogP contribution in [0.2, 0.25) is 0 Å². The minimum absolute atomic E-state index is 0.0262. The molecule has 0 radical (unpaired) electrons. The van der Waals surface area contributed by atoms with Crippen molar-refractivity contribution in [3.05, 3.63) is 54.2 Å². The van der Waals surface area contributed by atoms with Crippen LogP contribution in [0.15, 0.2) is 52.0 Å². The second kappa shape index (κ2) is 8.02. The zero-order valence-corrected chi connectivity index (χ0v) is 16.4. The summed E-state index contributed by atoms with van der Waals surface area (Å²) >= 11 is 0. The quantitative estimate of drug-likeness (QED) is 0.699. The Morgan fingerprint density at radius 1 is 1.25 bits per heavy atom. The molecule has 11 heteroatoms. The van der Waals surface area contributed by atoms with Gasteiger partial charge in [-0.15, -0.1) is 0 Å². The zero-order chi connectivity index (χ0) is 20.4. The van der Waals surface area contributed by atoms with Crippen molar-refractivity contribution in [1.82, 2.24) is 9.62 Å². The summed E-state index contributed by atoms with van der Waals surface area (Å²) < 4.78 is 68.9. The van der Waals surface area contributed by atoms with Gasteiger partial charge in [-0.3, -0.25) is 4.79 Å². The maximum absolute atomic E-state index is 14.1. The third-order valence-corrected chi connectivity index (χ3v) is 7.88. The molecule has 152 valence electrons. The minimum atomic E-state index is -4.34. The Labute approximate surface area is 162 Å². The standard InChI is InChI=1S/C17H19FN2O6S2/c18-15-5-1-2-6-16(15)28(24,25)20(10-14-4-3-8-26-14)11-17(21)19-13-7-9-27(22,23)12-13/h1-6,8,13H,7,9-12H2,(H,19,21). The van der Waals surface area contributed by atoms with Crippen molar-refractivity contribution in [2.45, 2.75) is 23.9 Å². The first-order valence-electron chi connectivity index (χ1n) is 8.44. The Bertz CT molecular complexity index is 1050. The lowest BCUT2D eigenvalue weighted by Crippen LogP contribution is -2.44. The summed E-state index contributed by atoms with van der Waals surface area (Å²) in [5, 5.41) is 2.53. The first-order valence-corrected chi connectivity index (χ1v) is 11.7. The number of carbonyl (C=O) groups is 1. The molecule has 2 aromatic rings. The Kier molecular flexibility index (Phi) is 5.87. The fourth-order valence-electron chi connectivity index (χ4n) is 2.94. The molecule has 0 bridgehead atoms. The first-order chi connectivity index (χ1) is 13.2. The van der Waals surface area contributed by atoms with Crippen molar-refractivity contribution >= 4 is 25.8 Å². The van der Waals surface area contributed by atoms with Gasteiger partial charge in [0.05, 0.1) is 30.9 Å². The van der Waals surface area contributed by atoms with Gasteiger partial charge < -0.3 is 9.73 Å². The van der Waals surface area contributed by atoms with Crippen molar-refractivity contribution in [1.29, 1.82) is 0 Å². The summed E-state index contributed by atoms with van der Waals surface area (Å²) in [7, 11) is -7.54. The Morgan fingerprint density at radius 3 is 2.61 bits per heavy atom. The van der Waals surface area contributed by atoms with E-state index in [1.165, 1.54) is 24.5 Å². The molecular weight excluding hydrogens is 411 g/mol.